The molecule has 0 aliphatic carbocycles. The Kier molecular flexibility index (Phi) is 5.63. The number of amides is 1. The number of carbonyl (C=O) groups excluding carboxylic acids is 1. The molecule has 0 unspecified atom stereocenters. The zero-order valence-corrected chi connectivity index (χ0v) is 14.2. The largest absolute Gasteiger partial charge is 0.480 e. The summed E-state index contributed by atoms with van der Waals surface area (Å²) in [5, 5.41) is 9.38. The maximum Gasteiger partial charge on any atom is 0.433 e. The third-order valence-electron chi connectivity index (χ3n) is 3.47. The molecule has 0 spiro atoms. The van der Waals surface area contributed by atoms with Gasteiger partial charge in [0.15, 0.2) is 0 Å². The molecule has 2 heterocycles. The predicted molar refractivity (Wildman–Crippen MR) is 84.8 cm³/mol. The highest BCUT2D eigenvalue weighted by atomic mass is 32.1. The second-order valence-corrected chi connectivity index (χ2v) is 6.22. The van der Waals surface area contributed by atoms with Gasteiger partial charge in [-0.3, -0.25) is 9.59 Å². The number of aryl methyl sites for hydroxylation is 1. The van der Waals surface area contributed by atoms with Crippen molar-refractivity contribution in [3.05, 3.63) is 28.3 Å². The number of aromatic nitrogens is 1. The van der Waals surface area contributed by atoms with E-state index in [1.165, 1.54) is 13.2 Å². The van der Waals surface area contributed by atoms with E-state index in [4.69, 9.17) is 9.84 Å². The van der Waals surface area contributed by atoms with Gasteiger partial charge in [-0.2, -0.15) is 13.2 Å². The van der Waals surface area contributed by atoms with E-state index in [1.807, 2.05) is 0 Å². The number of aliphatic carboxylic acids is 1. The monoisotopic (exact) mass is 376 g/mol. The van der Waals surface area contributed by atoms with Crippen LogP contribution in [0.5, 0.6) is 0 Å². The maximum absolute atomic E-state index is 12.8. The lowest BCUT2D eigenvalue weighted by molar-refractivity contribution is -0.141. The minimum Gasteiger partial charge on any atom is -0.480 e. The van der Waals surface area contributed by atoms with E-state index < -0.39 is 30.3 Å². The summed E-state index contributed by atoms with van der Waals surface area (Å²) in [4.78, 5) is 28.5. The average molecular weight is 376 g/mol. The van der Waals surface area contributed by atoms with Crippen LogP contribution in [-0.4, -0.2) is 53.7 Å². The molecule has 0 bridgehead atoms. The lowest BCUT2D eigenvalue weighted by Gasteiger charge is -2.19. The molecule has 2 aromatic rings. The Bertz CT molecular complexity index is 804. The van der Waals surface area contributed by atoms with E-state index in [9.17, 15) is 22.8 Å². The van der Waals surface area contributed by atoms with Crippen LogP contribution >= 0.6 is 11.3 Å². The van der Waals surface area contributed by atoms with Crippen LogP contribution in [-0.2, 0) is 15.7 Å². The molecule has 0 saturated heterocycles. The first kappa shape index (κ1) is 19.1. The molecule has 0 aliphatic rings. The van der Waals surface area contributed by atoms with E-state index in [-0.39, 0.29) is 22.9 Å². The number of thiophene rings is 1. The van der Waals surface area contributed by atoms with Gasteiger partial charge < -0.3 is 14.7 Å². The number of fused-ring (bicyclic) bond motifs is 1. The highest BCUT2D eigenvalue weighted by Crippen LogP contribution is 2.34. The van der Waals surface area contributed by atoms with Crippen molar-refractivity contribution >= 4 is 33.4 Å². The molecular weight excluding hydrogens is 361 g/mol. The third-order valence-corrected chi connectivity index (χ3v) is 4.66. The second-order valence-electron chi connectivity index (χ2n) is 5.22. The van der Waals surface area contributed by atoms with Gasteiger partial charge in [0.05, 0.1) is 11.5 Å². The molecule has 0 saturated carbocycles. The van der Waals surface area contributed by atoms with Crippen molar-refractivity contribution in [1.82, 2.24) is 9.88 Å². The van der Waals surface area contributed by atoms with Crippen molar-refractivity contribution in [1.29, 1.82) is 0 Å². The average Bonchev–Trinajstić information content (AvgIpc) is 2.86. The summed E-state index contributed by atoms with van der Waals surface area (Å²) in [6.07, 6.45) is -4.58. The van der Waals surface area contributed by atoms with Crippen LogP contribution in [0.3, 0.4) is 0 Å². The Morgan fingerprint density at radius 1 is 1.36 bits per heavy atom. The van der Waals surface area contributed by atoms with Crippen molar-refractivity contribution in [2.75, 3.05) is 26.8 Å². The molecule has 0 fully saturated rings. The molecular formula is C15H15F3N2O4S. The number of carboxylic acids is 1. The van der Waals surface area contributed by atoms with Crippen LogP contribution in [0.15, 0.2) is 12.1 Å². The summed E-state index contributed by atoms with van der Waals surface area (Å²) in [6, 6.07) is 2.13. The van der Waals surface area contributed by atoms with Gasteiger partial charge in [-0.25, -0.2) is 4.98 Å². The van der Waals surface area contributed by atoms with Crippen LogP contribution in [0.2, 0.25) is 0 Å². The number of ether oxygens (including phenoxy) is 1. The molecule has 0 atom stereocenters. The van der Waals surface area contributed by atoms with Gasteiger partial charge in [-0.15, -0.1) is 11.3 Å². The Balaban J connectivity index is 2.42. The van der Waals surface area contributed by atoms with Gasteiger partial charge in [0.25, 0.3) is 5.91 Å². The number of halogens is 3. The SMILES string of the molecule is COCCN(CC(=O)O)C(=O)c1sc2nc(C(F)(F)F)ccc2c1C. The van der Waals surface area contributed by atoms with E-state index >= 15 is 0 Å². The lowest BCUT2D eigenvalue weighted by atomic mass is 10.1. The zero-order valence-electron chi connectivity index (χ0n) is 13.4. The summed E-state index contributed by atoms with van der Waals surface area (Å²) < 4.78 is 43.2. The van der Waals surface area contributed by atoms with E-state index in [1.54, 1.807) is 6.92 Å². The van der Waals surface area contributed by atoms with Crippen LogP contribution in [0, 0.1) is 6.92 Å². The molecule has 1 amide bonds. The quantitative estimate of drug-likeness (QED) is 0.839. The molecule has 10 heteroatoms. The van der Waals surface area contributed by atoms with Crippen LogP contribution in [0.25, 0.3) is 10.2 Å². The number of methoxy groups -OCH3 is 1. The fourth-order valence-electron chi connectivity index (χ4n) is 2.22. The summed E-state index contributed by atoms with van der Waals surface area (Å²) in [5.74, 6) is -1.77. The zero-order chi connectivity index (χ0) is 18.8. The molecule has 0 radical (unpaired) electrons. The molecule has 1 N–H and O–H groups in total. The van der Waals surface area contributed by atoms with Crippen LogP contribution in [0.1, 0.15) is 20.9 Å². The Hall–Kier alpha value is -2.20. The fourth-order valence-corrected chi connectivity index (χ4v) is 3.37. The predicted octanol–water partition coefficient (Wildman–Crippen LogP) is 2.80. The highest BCUT2D eigenvalue weighted by molar-refractivity contribution is 7.20. The lowest BCUT2D eigenvalue weighted by Crippen LogP contribution is -2.37. The van der Waals surface area contributed by atoms with E-state index in [0.717, 1.165) is 22.3 Å². The summed E-state index contributed by atoms with van der Waals surface area (Å²) in [7, 11) is 1.41. The number of hydrogen-bond acceptors (Lipinski definition) is 5. The summed E-state index contributed by atoms with van der Waals surface area (Å²) >= 11 is 0.815. The van der Waals surface area contributed by atoms with Crippen molar-refractivity contribution in [2.45, 2.75) is 13.1 Å². The number of pyridine rings is 1. The smallest absolute Gasteiger partial charge is 0.433 e. The van der Waals surface area contributed by atoms with Crippen molar-refractivity contribution in [2.24, 2.45) is 0 Å². The Morgan fingerprint density at radius 3 is 2.60 bits per heavy atom. The van der Waals surface area contributed by atoms with Crippen molar-refractivity contribution in [3.63, 3.8) is 0 Å². The van der Waals surface area contributed by atoms with Crippen molar-refractivity contribution in [3.8, 4) is 0 Å². The molecule has 0 aliphatic heterocycles. The van der Waals surface area contributed by atoms with Crippen molar-refractivity contribution < 1.29 is 32.6 Å². The van der Waals surface area contributed by atoms with Crippen LogP contribution in [0.4, 0.5) is 13.2 Å². The summed E-state index contributed by atoms with van der Waals surface area (Å²) in [6.45, 7) is 1.25. The van der Waals surface area contributed by atoms with Gasteiger partial charge in [0.1, 0.15) is 17.1 Å². The highest BCUT2D eigenvalue weighted by Gasteiger charge is 2.33. The number of hydrogen-bond donors (Lipinski definition) is 1. The Morgan fingerprint density at radius 2 is 2.04 bits per heavy atom. The third kappa shape index (κ3) is 4.26. The first-order valence-corrected chi connectivity index (χ1v) is 7.94. The van der Waals surface area contributed by atoms with Crippen LogP contribution < -0.4 is 0 Å². The number of nitrogens with zero attached hydrogens (tertiary/aromatic N) is 2. The minimum absolute atomic E-state index is 0.0521. The molecule has 6 nitrogen and oxygen atoms in total. The number of carboxylic acid groups (broad SMARTS) is 1. The van der Waals surface area contributed by atoms with Gasteiger partial charge in [-0.1, -0.05) is 0 Å². The van der Waals surface area contributed by atoms with Gasteiger partial charge in [0.2, 0.25) is 0 Å². The fraction of sp³-hybridized carbons (Fsp3) is 0.400. The molecule has 0 aromatic carbocycles. The normalized spacial score (nSPS) is 11.7. The molecule has 25 heavy (non-hydrogen) atoms. The van der Waals surface area contributed by atoms with E-state index in [2.05, 4.69) is 4.98 Å². The Labute approximate surface area is 144 Å². The first-order valence-electron chi connectivity index (χ1n) is 7.12. The number of alkyl halides is 3. The van der Waals surface area contributed by atoms with Gasteiger partial charge >= 0.3 is 12.1 Å². The molecule has 2 aromatic heterocycles. The maximum atomic E-state index is 12.8. The summed E-state index contributed by atoms with van der Waals surface area (Å²) in [5.41, 5.74) is -0.568. The van der Waals surface area contributed by atoms with Gasteiger partial charge in [-0.05, 0) is 24.6 Å². The molecule has 136 valence electrons. The number of carbonyl (C=O) groups is 2. The standard InChI is InChI=1S/C15H15F3N2O4S/c1-8-9-3-4-10(15(16,17)18)19-13(9)25-12(8)14(23)20(5-6-24-2)7-11(21)22/h3-4H,5-7H2,1-2H3,(H,21,22). The second kappa shape index (κ2) is 7.36. The topological polar surface area (TPSA) is 79.7 Å². The number of rotatable bonds is 6. The van der Waals surface area contributed by atoms with Gasteiger partial charge in [0, 0.05) is 19.0 Å². The molecule has 2 rings (SSSR count). The van der Waals surface area contributed by atoms with E-state index in [0.29, 0.717) is 10.9 Å². The minimum atomic E-state index is -4.58. The first-order chi connectivity index (χ1) is 11.6.